The number of halogens is 5. The highest BCUT2D eigenvalue weighted by Gasteiger charge is 2.33. The lowest BCUT2D eigenvalue weighted by atomic mass is 9.90. The molecule has 7 aliphatic heterocycles. The van der Waals surface area contributed by atoms with E-state index >= 15 is 0 Å². The Hall–Kier alpha value is -6.75. The summed E-state index contributed by atoms with van der Waals surface area (Å²) in [6, 6.07) is 7.26. The number of ether oxygens (including phenoxy) is 7. The molecule has 3 aliphatic carbocycles. The fourth-order valence-corrected chi connectivity index (χ4v) is 18.6. The molecule has 10 aromatic rings. The lowest BCUT2D eigenvalue weighted by Gasteiger charge is -2.39. The summed E-state index contributed by atoms with van der Waals surface area (Å²) in [5, 5.41) is 36.7. The van der Waals surface area contributed by atoms with E-state index in [1.807, 2.05) is 53.8 Å². The number of nitrogens with zero attached hydrogens (tertiary/aromatic N) is 20. The number of anilines is 5. The van der Waals surface area contributed by atoms with Crippen molar-refractivity contribution >= 4 is 153 Å². The second-order valence-electron chi connectivity index (χ2n) is 30.9. The number of aromatic amines is 1. The van der Waals surface area contributed by atoms with Gasteiger partial charge in [-0.2, -0.15) is 59.0 Å². The van der Waals surface area contributed by atoms with Crippen molar-refractivity contribution in [2.24, 2.45) is 5.73 Å². The normalized spacial score (nSPS) is 24.7. The van der Waals surface area contributed by atoms with E-state index in [0.29, 0.717) is 68.5 Å². The number of morpholine rings is 3. The standard InChI is InChI=1S/C24H34N8O2S.C20H29ClN6O2.C10H10Cl2N4O.C10H20N2O.C5H2Cl2N4.C5H8O.C4H6N2S/c1-16-14-20(35-30-16)27-24-28-22(19-15-25-32(23(19)29-24)21-4-2-3-11-34-21)26-17-5-7-18(8-6-17)31-9-12-33-13-10-31;21-20-24-18(16-13-22-27(19(16)25-20)17-3-1-2-10-29-17)23-14-4-6-15(7-5-14)26-8-11-28-12-9-26;11-8-6-5-13-16(7-3-1-2-4-17-7)9(6)15-10(12)14-8;11-9-1-3-10(4-2-9)12-5-7-13-8-6-12;6-3-2-1-8-11-4(2)10-5(7)9-3;1-2-4-6-5-3-1;1-3-2-4(5)7-6-3/h14-15,17-18,21H,2-13H2,1H3,(H2,26,27,28,29);13-15,17H,1-12H2,(H,23,24,25);5,7H,1-4H2;9-10H,1-8,11H2;1H,(H,8,9,10,11);2,4H,1,3,5H2;2H,5H2,1H3. The summed E-state index contributed by atoms with van der Waals surface area (Å²) < 4.78 is 52.7. The van der Waals surface area contributed by atoms with Crippen LogP contribution in [0.2, 0.25) is 26.2 Å². The van der Waals surface area contributed by atoms with Gasteiger partial charge in [-0.3, -0.25) is 19.8 Å². The molecule has 3 saturated carbocycles. The molecule has 9 fully saturated rings. The van der Waals surface area contributed by atoms with E-state index in [-0.39, 0.29) is 34.5 Å². The Bertz CT molecular complexity index is 4720. The number of nitrogen functional groups attached to an aromatic ring is 1. The summed E-state index contributed by atoms with van der Waals surface area (Å²) in [6.45, 7) is 18.9. The number of allylic oxidation sites excluding steroid dienone is 1. The lowest BCUT2D eigenvalue weighted by molar-refractivity contribution is -0.0371. The molecule has 40 heteroatoms. The van der Waals surface area contributed by atoms with Crippen molar-refractivity contribution in [3.63, 3.8) is 0 Å². The summed E-state index contributed by atoms with van der Waals surface area (Å²) >= 11 is 32.0. The summed E-state index contributed by atoms with van der Waals surface area (Å²) in [5.74, 6) is 2.19. The number of H-pyrrole nitrogens is 1. The molecule has 0 amide bonds. The number of aromatic nitrogens is 18. The average Bonchev–Trinajstić information content (AvgIpc) is 1.67. The first-order valence-corrected chi connectivity index (χ1v) is 45.1. The molecule has 17 heterocycles. The molecule has 33 nitrogen and oxygen atoms in total. The molecule has 3 unspecified atom stereocenters. The number of aryl methyl sites for hydroxylation is 2. The molecule has 8 N–H and O–H groups in total. The fraction of sp³-hybridized carbons (Fsp3) is 0.641. The van der Waals surface area contributed by atoms with E-state index < -0.39 is 0 Å². The molecular formula is C78H109Cl5N26O7S2. The number of nitrogens with one attached hydrogen (secondary N) is 4. The van der Waals surface area contributed by atoms with Crippen LogP contribution in [0.4, 0.5) is 27.6 Å². The van der Waals surface area contributed by atoms with Gasteiger partial charge in [-0.15, -0.1) is 0 Å². The molecule has 0 radical (unpaired) electrons. The summed E-state index contributed by atoms with van der Waals surface area (Å²) in [6.07, 6.45) is 36.7. The van der Waals surface area contributed by atoms with Crippen LogP contribution in [0.3, 0.4) is 0 Å². The summed E-state index contributed by atoms with van der Waals surface area (Å²) in [4.78, 5) is 42.1. The Balaban J connectivity index is 0.000000123. The van der Waals surface area contributed by atoms with E-state index in [9.17, 15) is 0 Å². The van der Waals surface area contributed by atoms with Crippen molar-refractivity contribution in [3.05, 3.63) is 86.8 Å². The Labute approximate surface area is 720 Å². The molecule has 20 rings (SSSR count). The highest BCUT2D eigenvalue weighted by atomic mass is 35.5. The first-order valence-electron chi connectivity index (χ1n) is 41.7. The number of rotatable bonds is 12. The monoisotopic (exact) mass is 1760 g/mol. The SMILES string of the molecule is C1=COCCC1.Cc1cc(N)sn1.Cc1cc(Nc2nc(NC3CCC(N4CCOCC4)CC3)c3cnn(C4CCCCO4)c3n2)sn1.Clc1nc(Cl)c2cn[nH]c2n1.Clc1nc(Cl)c2cnn(C3CCCCO3)c2n1.Clc1nc(NC2CCC(N3CCOCC3)CC2)c2cnn(C3CCCCO3)c2n1.NC1CCC(N2CCOCC2)CC1. The minimum Gasteiger partial charge on any atom is -0.502 e. The third kappa shape index (κ3) is 24.6. The van der Waals surface area contributed by atoms with E-state index in [4.69, 9.17) is 118 Å². The lowest BCUT2D eigenvalue weighted by Crippen LogP contribution is -2.46. The van der Waals surface area contributed by atoms with Gasteiger partial charge in [0, 0.05) is 95.3 Å². The maximum Gasteiger partial charge on any atom is 0.231 e. The second-order valence-corrected chi connectivity index (χ2v) is 34.3. The zero-order valence-electron chi connectivity index (χ0n) is 67.1. The molecular weight excluding hydrogens is 1650 g/mol. The largest absolute Gasteiger partial charge is 0.502 e. The van der Waals surface area contributed by atoms with Gasteiger partial charge in [0.2, 0.25) is 21.8 Å². The minimum absolute atomic E-state index is 0.0657. The molecule has 0 spiro atoms. The van der Waals surface area contributed by atoms with Gasteiger partial charge < -0.3 is 60.6 Å². The van der Waals surface area contributed by atoms with Gasteiger partial charge in [0.05, 0.1) is 110 Å². The first kappa shape index (κ1) is 87.6. The maximum atomic E-state index is 6.27. The van der Waals surface area contributed by atoms with Crippen LogP contribution in [0.15, 0.2) is 49.3 Å². The highest BCUT2D eigenvalue weighted by molar-refractivity contribution is 7.10. The quantitative estimate of drug-likeness (QED) is 0.0489. The van der Waals surface area contributed by atoms with Gasteiger partial charge in [-0.05, 0) is 238 Å². The molecule has 10 aromatic heterocycles. The topological polar surface area (TPSA) is 373 Å². The van der Waals surface area contributed by atoms with Crippen molar-refractivity contribution in [1.29, 1.82) is 0 Å². The van der Waals surface area contributed by atoms with Crippen molar-refractivity contribution in [1.82, 2.24) is 103 Å². The predicted molar refractivity (Wildman–Crippen MR) is 462 cm³/mol. The Morgan fingerprint density at radius 3 is 1.32 bits per heavy atom. The van der Waals surface area contributed by atoms with Crippen LogP contribution >= 0.6 is 81.1 Å². The van der Waals surface area contributed by atoms with Crippen LogP contribution in [0, 0.1) is 13.8 Å². The first-order chi connectivity index (χ1) is 57.7. The zero-order valence-corrected chi connectivity index (χ0v) is 72.5. The smallest absolute Gasteiger partial charge is 0.231 e. The number of hydrogen-bond donors (Lipinski definition) is 6. The summed E-state index contributed by atoms with van der Waals surface area (Å²) in [7, 11) is 0. The van der Waals surface area contributed by atoms with Crippen molar-refractivity contribution in [2.75, 3.05) is 127 Å². The fourth-order valence-electron chi connectivity index (χ4n) is 16.4. The van der Waals surface area contributed by atoms with Gasteiger partial charge in [0.1, 0.15) is 31.9 Å². The maximum absolute atomic E-state index is 6.27. The van der Waals surface area contributed by atoms with Gasteiger partial charge in [0.25, 0.3) is 0 Å². The van der Waals surface area contributed by atoms with E-state index in [1.165, 1.54) is 87.3 Å². The predicted octanol–water partition coefficient (Wildman–Crippen LogP) is 14.7. The summed E-state index contributed by atoms with van der Waals surface area (Å²) in [5.41, 5.74) is 15.9. The van der Waals surface area contributed by atoms with Crippen LogP contribution in [-0.2, 0) is 33.2 Å². The second kappa shape index (κ2) is 44.4. The Morgan fingerprint density at radius 2 is 0.898 bits per heavy atom. The van der Waals surface area contributed by atoms with Crippen LogP contribution in [0.25, 0.3) is 44.1 Å². The number of nitrogens with two attached hydrogens (primary N) is 2. The van der Waals surface area contributed by atoms with E-state index in [2.05, 4.69) is 89.7 Å². The Kier molecular flexibility index (Phi) is 32.9. The highest BCUT2D eigenvalue weighted by Crippen LogP contribution is 2.37. The molecule has 10 aliphatic rings. The molecule has 3 atom stereocenters. The van der Waals surface area contributed by atoms with Crippen LogP contribution < -0.4 is 27.4 Å². The van der Waals surface area contributed by atoms with Crippen LogP contribution in [0.5, 0.6) is 0 Å². The van der Waals surface area contributed by atoms with Crippen molar-refractivity contribution in [2.45, 2.75) is 216 Å². The number of fused-ring (bicyclic) bond motifs is 4. The average molecular weight is 1760 g/mol. The Morgan fingerprint density at radius 1 is 0.449 bits per heavy atom. The van der Waals surface area contributed by atoms with Crippen LogP contribution in [-0.4, -0.2) is 244 Å². The van der Waals surface area contributed by atoms with E-state index in [1.54, 1.807) is 23.3 Å². The zero-order chi connectivity index (χ0) is 81.5. The molecule has 6 saturated heterocycles. The van der Waals surface area contributed by atoms with Gasteiger partial charge in [-0.1, -0.05) is 23.2 Å². The third-order valence-electron chi connectivity index (χ3n) is 22.6. The van der Waals surface area contributed by atoms with Gasteiger partial charge >= 0.3 is 0 Å². The van der Waals surface area contributed by atoms with Gasteiger partial charge in [-0.25, -0.2) is 24.0 Å². The van der Waals surface area contributed by atoms with E-state index in [0.717, 1.165) is 250 Å². The molecule has 0 bridgehead atoms. The molecule has 0 aromatic carbocycles. The third-order valence-corrected chi connectivity index (χ3v) is 25.2. The number of hydrogen-bond acceptors (Lipinski definition) is 31. The van der Waals surface area contributed by atoms with Crippen molar-refractivity contribution < 1.29 is 33.2 Å². The molecule has 118 heavy (non-hydrogen) atoms. The van der Waals surface area contributed by atoms with Crippen molar-refractivity contribution in [3.8, 4) is 0 Å². The minimum atomic E-state index is -0.0803. The van der Waals surface area contributed by atoms with Crippen LogP contribution in [0.1, 0.15) is 178 Å². The van der Waals surface area contributed by atoms with Gasteiger partial charge in [0.15, 0.2) is 41.3 Å². The molecule has 640 valence electrons.